The lowest BCUT2D eigenvalue weighted by atomic mass is 9.70. The van der Waals surface area contributed by atoms with E-state index < -0.39 is 35.8 Å². The minimum atomic E-state index is -4.76. The molecule has 0 bridgehead atoms. The number of carbonyl (C=O) groups is 1. The van der Waals surface area contributed by atoms with Crippen LogP contribution in [0, 0.1) is 11.3 Å². The molecule has 0 N–H and O–H groups in total. The summed E-state index contributed by atoms with van der Waals surface area (Å²) in [7, 11) is -1.19. The van der Waals surface area contributed by atoms with Crippen molar-refractivity contribution in [3.63, 3.8) is 0 Å². The zero-order valence-electron chi connectivity index (χ0n) is 29.5. The van der Waals surface area contributed by atoms with Crippen molar-refractivity contribution in [2.45, 2.75) is 93.0 Å². The molecule has 0 radical (unpaired) electrons. The molecule has 1 saturated heterocycles. The number of nitriles is 1. The van der Waals surface area contributed by atoms with E-state index in [1.807, 2.05) is 27.7 Å². The number of aromatic nitrogens is 7. The number of fused-ring (bicyclic) bond motifs is 1. The molecule has 12 nitrogen and oxygen atoms in total. The first-order chi connectivity index (χ1) is 24.7. The standard InChI is InChI=1S/C35H42BrF3N10O2Si/c1-52(2,3)16-15-51-23-48-10-5-26-29(41-22-42-30(26)48)24-20-43-49(21-24)33(8-9-40)18-25(19-33)46-11-13-47(14-12-46)31(50)27-17-28(34(36)6-4-7-34)45-32(44-27)35(37,38)39/h5,10,17,20-22,25H,4,6-8,11-16,18-19,23H2,1-3H3/t25-,33-. The van der Waals surface area contributed by atoms with Crippen LogP contribution in [0.2, 0.25) is 25.7 Å². The van der Waals surface area contributed by atoms with Crippen molar-refractivity contribution in [3.8, 4) is 17.3 Å². The number of nitrogens with zero attached hydrogens (tertiary/aromatic N) is 10. The first kappa shape index (κ1) is 36.6. The third-order valence-corrected chi connectivity index (χ3v) is 13.6. The molecule has 7 rings (SSSR count). The molecule has 4 aromatic heterocycles. The Hall–Kier alpha value is -3.72. The summed E-state index contributed by atoms with van der Waals surface area (Å²) in [5.74, 6) is -1.81. The number of hydrogen-bond donors (Lipinski definition) is 0. The average molecular weight is 800 g/mol. The van der Waals surface area contributed by atoms with E-state index in [0.717, 1.165) is 34.8 Å². The van der Waals surface area contributed by atoms with Crippen LogP contribution in [0.5, 0.6) is 0 Å². The van der Waals surface area contributed by atoms with Crippen LogP contribution in [0.15, 0.2) is 37.1 Å². The number of alkyl halides is 4. The first-order valence-corrected chi connectivity index (χ1v) is 22.2. The molecule has 0 spiro atoms. The maximum Gasteiger partial charge on any atom is 0.451 e. The van der Waals surface area contributed by atoms with Crippen LogP contribution in [0.4, 0.5) is 13.2 Å². The second-order valence-corrected chi connectivity index (χ2v) is 22.6. The van der Waals surface area contributed by atoms with E-state index in [4.69, 9.17) is 9.84 Å². The molecule has 0 atom stereocenters. The lowest BCUT2D eigenvalue weighted by Gasteiger charge is -2.52. The molecule has 5 heterocycles. The lowest BCUT2D eigenvalue weighted by Crippen LogP contribution is -2.60. The average Bonchev–Trinajstić information content (AvgIpc) is 3.74. The number of rotatable bonds is 11. The highest BCUT2D eigenvalue weighted by Crippen LogP contribution is 2.49. The molecule has 3 fully saturated rings. The van der Waals surface area contributed by atoms with E-state index in [1.165, 1.54) is 6.07 Å². The van der Waals surface area contributed by atoms with Crippen molar-refractivity contribution in [3.05, 3.63) is 54.3 Å². The van der Waals surface area contributed by atoms with Gasteiger partial charge in [0, 0.05) is 70.2 Å². The minimum absolute atomic E-state index is 0.174. The zero-order chi connectivity index (χ0) is 36.9. The molecule has 2 aliphatic carbocycles. The fraction of sp³-hybridized carbons (Fsp3) is 0.571. The van der Waals surface area contributed by atoms with Crippen LogP contribution < -0.4 is 0 Å². The van der Waals surface area contributed by atoms with E-state index in [9.17, 15) is 23.2 Å². The number of halogens is 4. The Bertz CT molecular complexity index is 1990. The highest BCUT2D eigenvalue weighted by molar-refractivity contribution is 9.09. The van der Waals surface area contributed by atoms with Gasteiger partial charge in [-0.2, -0.15) is 23.5 Å². The molecule has 4 aromatic rings. The van der Waals surface area contributed by atoms with E-state index >= 15 is 0 Å². The maximum absolute atomic E-state index is 13.7. The molecule has 0 aromatic carbocycles. The molecule has 276 valence electrons. The lowest BCUT2D eigenvalue weighted by molar-refractivity contribution is -0.145. The van der Waals surface area contributed by atoms with E-state index in [-0.39, 0.29) is 17.4 Å². The van der Waals surface area contributed by atoms with Gasteiger partial charge in [0.15, 0.2) is 0 Å². The van der Waals surface area contributed by atoms with Crippen LogP contribution >= 0.6 is 15.9 Å². The summed E-state index contributed by atoms with van der Waals surface area (Å²) in [6.45, 7) is 9.95. The number of piperazine rings is 1. The highest BCUT2D eigenvalue weighted by atomic mass is 79.9. The van der Waals surface area contributed by atoms with Gasteiger partial charge >= 0.3 is 6.18 Å². The summed E-state index contributed by atoms with van der Waals surface area (Å²) in [6, 6.07) is 7.02. The summed E-state index contributed by atoms with van der Waals surface area (Å²) >= 11 is 3.54. The number of carbonyl (C=O) groups excluding carboxylic acids is 1. The van der Waals surface area contributed by atoms with Gasteiger partial charge < -0.3 is 14.2 Å². The van der Waals surface area contributed by atoms with Crippen LogP contribution in [-0.4, -0.2) is 96.9 Å². The third kappa shape index (κ3) is 7.26. The molecule has 0 unspecified atom stereocenters. The second kappa shape index (κ2) is 13.9. The van der Waals surface area contributed by atoms with Gasteiger partial charge in [0.2, 0.25) is 5.82 Å². The van der Waals surface area contributed by atoms with Gasteiger partial charge in [-0.3, -0.25) is 14.4 Å². The quantitative estimate of drug-likeness (QED) is 0.0959. The zero-order valence-corrected chi connectivity index (χ0v) is 32.1. The summed E-state index contributed by atoms with van der Waals surface area (Å²) in [6.07, 6.45) is 6.36. The highest BCUT2D eigenvalue weighted by Gasteiger charge is 2.49. The Kier molecular flexibility index (Phi) is 9.81. The number of amides is 1. The topological polar surface area (TPSA) is 131 Å². The number of hydrogen-bond acceptors (Lipinski definition) is 9. The van der Waals surface area contributed by atoms with Crippen LogP contribution in [-0.2, 0) is 27.5 Å². The van der Waals surface area contributed by atoms with Gasteiger partial charge in [-0.25, -0.2) is 19.9 Å². The Balaban J connectivity index is 0.996. The molecular formula is C35H42BrF3N10O2Si. The van der Waals surface area contributed by atoms with E-state index in [0.29, 0.717) is 71.6 Å². The van der Waals surface area contributed by atoms with Crippen molar-refractivity contribution < 1.29 is 22.7 Å². The molecule has 17 heteroatoms. The van der Waals surface area contributed by atoms with Crippen molar-refractivity contribution in [1.29, 1.82) is 5.26 Å². The Morgan fingerprint density at radius 2 is 1.88 bits per heavy atom. The molecule has 52 heavy (non-hydrogen) atoms. The summed E-state index contributed by atoms with van der Waals surface area (Å²) in [5.41, 5.74) is 1.87. The monoisotopic (exact) mass is 798 g/mol. The van der Waals surface area contributed by atoms with Crippen molar-refractivity contribution >= 4 is 40.9 Å². The maximum atomic E-state index is 13.7. The molecule has 2 saturated carbocycles. The van der Waals surface area contributed by atoms with Gasteiger partial charge in [0.05, 0.1) is 39.9 Å². The van der Waals surface area contributed by atoms with Gasteiger partial charge in [0.25, 0.3) is 5.91 Å². The van der Waals surface area contributed by atoms with Crippen molar-refractivity contribution in [2.24, 2.45) is 0 Å². The van der Waals surface area contributed by atoms with Crippen LogP contribution in [0.3, 0.4) is 0 Å². The predicted octanol–water partition coefficient (Wildman–Crippen LogP) is 6.42. The van der Waals surface area contributed by atoms with Gasteiger partial charge in [-0.05, 0) is 50.3 Å². The second-order valence-electron chi connectivity index (χ2n) is 15.5. The number of ether oxygens (including phenoxy) is 1. The van der Waals surface area contributed by atoms with Gasteiger partial charge in [-0.1, -0.05) is 35.6 Å². The molecule has 3 aliphatic rings. The normalized spacial score (nSPS) is 22.2. The fourth-order valence-electron chi connectivity index (χ4n) is 7.33. The molecule has 1 aliphatic heterocycles. The van der Waals surface area contributed by atoms with Crippen LogP contribution in [0.1, 0.15) is 60.5 Å². The molecule has 1 amide bonds. The van der Waals surface area contributed by atoms with Crippen LogP contribution in [0.25, 0.3) is 22.3 Å². The Morgan fingerprint density at radius 1 is 1.13 bits per heavy atom. The minimum Gasteiger partial charge on any atom is -0.361 e. The summed E-state index contributed by atoms with van der Waals surface area (Å²) in [4.78, 5) is 33.9. The predicted molar refractivity (Wildman–Crippen MR) is 193 cm³/mol. The summed E-state index contributed by atoms with van der Waals surface area (Å²) in [5, 5.41) is 15.4. The largest absolute Gasteiger partial charge is 0.451 e. The van der Waals surface area contributed by atoms with E-state index in [1.54, 1.807) is 17.4 Å². The van der Waals surface area contributed by atoms with Crippen molar-refractivity contribution in [1.82, 2.24) is 44.1 Å². The Labute approximate surface area is 309 Å². The van der Waals surface area contributed by atoms with E-state index in [2.05, 4.69) is 66.5 Å². The van der Waals surface area contributed by atoms with Gasteiger partial charge in [-0.15, -0.1) is 0 Å². The van der Waals surface area contributed by atoms with Crippen molar-refractivity contribution in [2.75, 3.05) is 32.8 Å². The third-order valence-electron chi connectivity index (χ3n) is 10.7. The first-order valence-electron chi connectivity index (χ1n) is 17.7. The van der Waals surface area contributed by atoms with Gasteiger partial charge in [0.1, 0.15) is 24.4 Å². The Morgan fingerprint density at radius 3 is 2.54 bits per heavy atom. The fourth-order valence-corrected chi connectivity index (χ4v) is 8.85. The molecular weight excluding hydrogens is 757 g/mol. The summed E-state index contributed by atoms with van der Waals surface area (Å²) < 4.78 is 50.3. The SMILES string of the molecule is C[Si](C)(C)CCOCn1ccc2c(-c3cnn([C@]4(CC#N)C[C@@H](N5CCN(C(=O)c6cc(C7(Br)CCC7)nc(C(F)(F)F)n6)CC5)C4)c3)ncnc21. The smallest absolute Gasteiger partial charge is 0.361 e.